The van der Waals surface area contributed by atoms with Crippen LogP contribution in [0, 0.1) is 5.82 Å². The molecule has 0 radical (unpaired) electrons. The fraction of sp³-hybridized carbons (Fsp3) is 0.250. The van der Waals surface area contributed by atoms with Gasteiger partial charge in [-0.1, -0.05) is 0 Å². The smallest absolute Gasteiger partial charge is 0.328 e. The van der Waals surface area contributed by atoms with E-state index in [-0.39, 0.29) is 5.82 Å². The molecular formula is C16H15FN4O2. The van der Waals surface area contributed by atoms with Gasteiger partial charge in [-0.3, -0.25) is 4.98 Å². The first-order chi connectivity index (χ1) is 11.1. The highest BCUT2D eigenvalue weighted by Crippen LogP contribution is 2.43. The second-order valence-electron chi connectivity index (χ2n) is 5.41. The largest absolute Gasteiger partial charge is 0.478 e. The minimum atomic E-state index is -1.05. The molecule has 2 aromatic rings. The van der Waals surface area contributed by atoms with Crippen molar-refractivity contribution in [1.29, 1.82) is 0 Å². The summed E-state index contributed by atoms with van der Waals surface area (Å²) in [5.74, 6) is -0.885. The lowest BCUT2D eigenvalue weighted by Gasteiger charge is -2.42. The number of carboxylic acid groups (broad SMARTS) is 1. The zero-order chi connectivity index (χ0) is 16.3. The zero-order valence-corrected chi connectivity index (χ0v) is 12.2. The van der Waals surface area contributed by atoms with Gasteiger partial charge in [-0.05, 0) is 49.6 Å². The Labute approximate surface area is 132 Å². The molecule has 1 fully saturated rings. The summed E-state index contributed by atoms with van der Waals surface area (Å²) in [4.78, 5) is 14.6. The van der Waals surface area contributed by atoms with Crippen molar-refractivity contribution in [2.45, 2.75) is 24.8 Å². The van der Waals surface area contributed by atoms with Crippen LogP contribution in [0.15, 0.2) is 36.5 Å². The zero-order valence-electron chi connectivity index (χ0n) is 12.2. The Balaban J connectivity index is 1.80. The second-order valence-corrected chi connectivity index (χ2v) is 5.41. The summed E-state index contributed by atoms with van der Waals surface area (Å²) in [5.41, 5.74) is 0.269. The molecule has 23 heavy (non-hydrogen) atoms. The van der Waals surface area contributed by atoms with Crippen LogP contribution in [0.25, 0.3) is 6.08 Å². The maximum absolute atomic E-state index is 14.0. The Hall–Kier alpha value is -2.83. The summed E-state index contributed by atoms with van der Waals surface area (Å²) < 4.78 is 14.0. The van der Waals surface area contributed by atoms with E-state index in [9.17, 15) is 9.18 Å². The number of pyridine rings is 1. The maximum atomic E-state index is 14.0. The van der Waals surface area contributed by atoms with Crippen LogP contribution < -0.4 is 5.32 Å². The van der Waals surface area contributed by atoms with Crippen molar-refractivity contribution < 1.29 is 14.3 Å². The van der Waals surface area contributed by atoms with Crippen molar-refractivity contribution in [3.63, 3.8) is 0 Å². The van der Waals surface area contributed by atoms with Crippen LogP contribution in [0.2, 0.25) is 0 Å². The average Bonchev–Trinajstić information content (AvgIpc) is 2.51. The molecule has 2 N–H and O–H groups in total. The highest BCUT2D eigenvalue weighted by Gasteiger charge is 2.42. The molecule has 6 nitrogen and oxygen atoms in total. The van der Waals surface area contributed by atoms with Crippen molar-refractivity contribution in [3.05, 3.63) is 53.7 Å². The normalized spacial score (nSPS) is 16.0. The standard InChI is InChI=1S/C16H15FN4O2/c17-12-3-1-10-18-15(12)16(8-2-9-16)19-13-6-4-11(20-21-13)5-7-14(22)23/h1,3-7,10H,2,8-9H2,(H,19,21)(H,22,23)/b7-5+. The molecule has 0 saturated heterocycles. The van der Waals surface area contributed by atoms with Crippen molar-refractivity contribution in [2.24, 2.45) is 0 Å². The Bertz CT molecular complexity index is 742. The molecule has 0 unspecified atom stereocenters. The van der Waals surface area contributed by atoms with Crippen molar-refractivity contribution in [3.8, 4) is 0 Å². The molecule has 7 heteroatoms. The summed E-state index contributed by atoms with van der Waals surface area (Å²) in [5, 5.41) is 19.8. The summed E-state index contributed by atoms with van der Waals surface area (Å²) >= 11 is 0. The number of aliphatic carboxylic acids is 1. The van der Waals surface area contributed by atoms with E-state index >= 15 is 0 Å². The summed E-state index contributed by atoms with van der Waals surface area (Å²) in [6, 6.07) is 6.30. The highest BCUT2D eigenvalue weighted by molar-refractivity contribution is 5.84. The van der Waals surface area contributed by atoms with Gasteiger partial charge in [0.15, 0.2) is 0 Å². The van der Waals surface area contributed by atoms with E-state index in [1.165, 1.54) is 12.1 Å². The Kier molecular flexibility index (Phi) is 4.01. The fourth-order valence-electron chi connectivity index (χ4n) is 2.59. The van der Waals surface area contributed by atoms with Crippen LogP contribution >= 0.6 is 0 Å². The number of hydrogen-bond acceptors (Lipinski definition) is 5. The van der Waals surface area contributed by atoms with Gasteiger partial charge >= 0.3 is 5.97 Å². The Morgan fingerprint density at radius 3 is 2.70 bits per heavy atom. The number of rotatable bonds is 5. The van der Waals surface area contributed by atoms with Gasteiger partial charge in [-0.15, -0.1) is 10.2 Å². The predicted octanol–water partition coefficient (Wildman–Crippen LogP) is 2.60. The van der Waals surface area contributed by atoms with Gasteiger partial charge in [0.2, 0.25) is 0 Å². The van der Waals surface area contributed by atoms with Crippen LogP contribution in [0.4, 0.5) is 10.2 Å². The van der Waals surface area contributed by atoms with E-state index < -0.39 is 11.5 Å². The first-order valence-electron chi connectivity index (χ1n) is 7.23. The van der Waals surface area contributed by atoms with E-state index in [1.807, 2.05) is 0 Å². The molecule has 0 aliphatic heterocycles. The molecule has 2 aromatic heterocycles. The quantitative estimate of drug-likeness (QED) is 0.825. The van der Waals surface area contributed by atoms with Crippen LogP contribution in [0.1, 0.15) is 30.7 Å². The average molecular weight is 314 g/mol. The highest BCUT2D eigenvalue weighted by atomic mass is 19.1. The van der Waals surface area contributed by atoms with E-state index in [1.54, 1.807) is 24.4 Å². The molecule has 1 aliphatic carbocycles. The molecule has 1 saturated carbocycles. The number of anilines is 1. The van der Waals surface area contributed by atoms with Crippen LogP contribution in [0.3, 0.4) is 0 Å². The molecule has 118 valence electrons. The van der Waals surface area contributed by atoms with Gasteiger partial charge in [0.1, 0.15) is 17.3 Å². The second kappa shape index (κ2) is 6.12. The lowest BCUT2D eigenvalue weighted by Crippen LogP contribution is -2.43. The topological polar surface area (TPSA) is 88.0 Å². The van der Waals surface area contributed by atoms with Gasteiger partial charge < -0.3 is 10.4 Å². The minimum absolute atomic E-state index is 0.339. The number of aromatic nitrogens is 3. The summed E-state index contributed by atoms with van der Waals surface area (Å²) in [7, 11) is 0. The number of carbonyl (C=O) groups is 1. The van der Waals surface area contributed by atoms with Crippen LogP contribution in [0.5, 0.6) is 0 Å². The Morgan fingerprint density at radius 1 is 1.30 bits per heavy atom. The first kappa shape index (κ1) is 15.1. The summed E-state index contributed by atoms with van der Waals surface area (Å²) in [6.45, 7) is 0. The molecular weight excluding hydrogens is 299 g/mol. The van der Waals surface area contributed by atoms with Gasteiger partial charge in [-0.25, -0.2) is 9.18 Å². The summed E-state index contributed by atoms with van der Waals surface area (Å²) in [6.07, 6.45) is 6.44. The van der Waals surface area contributed by atoms with E-state index in [0.29, 0.717) is 17.2 Å². The maximum Gasteiger partial charge on any atom is 0.328 e. The number of hydrogen-bond donors (Lipinski definition) is 2. The lowest BCUT2D eigenvalue weighted by molar-refractivity contribution is -0.131. The molecule has 0 spiro atoms. The third-order valence-corrected chi connectivity index (χ3v) is 3.87. The monoisotopic (exact) mass is 314 g/mol. The molecule has 0 amide bonds. The fourth-order valence-corrected chi connectivity index (χ4v) is 2.59. The van der Waals surface area contributed by atoms with Crippen molar-refractivity contribution in [2.75, 3.05) is 5.32 Å². The number of nitrogens with zero attached hydrogens (tertiary/aromatic N) is 3. The number of halogens is 1. The predicted molar refractivity (Wildman–Crippen MR) is 82.0 cm³/mol. The minimum Gasteiger partial charge on any atom is -0.478 e. The molecule has 2 heterocycles. The number of carboxylic acids is 1. The SMILES string of the molecule is O=C(O)/C=C/c1ccc(NC2(c3ncccc3F)CCC2)nn1. The van der Waals surface area contributed by atoms with E-state index in [4.69, 9.17) is 5.11 Å². The molecule has 0 bridgehead atoms. The first-order valence-corrected chi connectivity index (χ1v) is 7.23. The van der Waals surface area contributed by atoms with Gasteiger partial charge in [-0.2, -0.15) is 0 Å². The lowest BCUT2D eigenvalue weighted by atomic mass is 9.74. The van der Waals surface area contributed by atoms with Crippen LogP contribution in [-0.4, -0.2) is 26.3 Å². The molecule has 0 aromatic carbocycles. The van der Waals surface area contributed by atoms with E-state index in [2.05, 4.69) is 20.5 Å². The van der Waals surface area contributed by atoms with Crippen molar-refractivity contribution >= 4 is 17.9 Å². The third-order valence-electron chi connectivity index (χ3n) is 3.87. The van der Waals surface area contributed by atoms with Crippen molar-refractivity contribution in [1.82, 2.24) is 15.2 Å². The molecule has 3 rings (SSSR count). The van der Waals surface area contributed by atoms with Gasteiger partial charge in [0.25, 0.3) is 0 Å². The Morgan fingerprint density at radius 2 is 2.13 bits per heavy atom. The third kappa shape index (κ3) is 3.18. The van der Waals surface area contributed by atoms with E-state index in [0.717, 1.165) is 25.3 Å². The molecule has 1 aliphatic rings. The van der Waals surface area contributed by atoms with Crippen LogP contribution in [-0.2, 0) is 10.3 Å². The van der Waals surface area contributed by atoms with Gasteiger partial charge in [0, 0.05) is 12.3 Å². The number of nitrogens with one attached hydrogen (secondary N) is 1. The molecule has 0 atom stereocenters. The van der Waals surface area contributed by atoms with Gasteiger partial charge in [0.05, 0.1) is 11.2 Å².